The first-order valence-electron chi connectivity index (χ1n) is 5.22. The largest absolute Gasteiger partial charge is 0.465 e. The van der Waals surface area contributed by atoms with E-state index in [0.717, 1.165) is 12.2 Å². The minimum Gasteiger partial charge on any atom is -0.465 e. The van der Waals surface area contributed by atoms with Crippen LogP contribution in [0, 0.1) is 0 Å². The molecule has 16 heavy (non-hydrogen) atoms. The molecular weight excluding hydrogens is 204 g/mol. The Labute approximate surface area is 95.7 Å². The number of methoxy groups -OCH3 is 1. The predicted octanol–water partition coefficient (Wildman–Crippen LogP) is 3.17. The van der Waals surface area contributed by atoms with Gasteiger partial charge < -0.3 is 9.47 Å². The van der Waals surface area contributed by atoms with Crippen LogP contribution in [0.5, 0.6) is 5.75 Å². The van der Waals surface area contributed by atoms with Gasteiger partial charge in [-0.2, -0.15) is 0 Å². The third-order valence-electron chi connectivity index (χ3n) is 2.17. The molecule has 0 N–H and O–H groups in total. The van der Waals surface area contributed by atoms with E-state index in [9.17, 15) is 4.79 Å². The van der Waals surface area contributed by atoms with E-state index in [2.05, 4.69) is 4.74 Å². The maximum absolute atomic E-state index is 11.3. The SMILES string of the molecule is CC=C(CC)Oc1cccc(C(=O)OC)c1. The van der Waals surface area contributed by atoms with E-state index in [1.165, 1.54) is 7.11 Å². The molecule has 0 aromatic heterocycles. The molecule has 0 aliphatic heterocycles. The molecule has 0 bridgehead atoms. The summed E-state index contributed by atoms with van der Waals surface area (Å²) in [6.45, 7) is 3.93. The van der Waals surface area contributed by atoms with Crippen LogP contribution in [-0.4, -0.2) is 13.1 Å². The third kappa shape index (κ3) is 3.12. The molecule has 0 aliphatic carbocycles. The molecule has 0 fully saturated rings. The Morgan fingerprint density at radius 3 is 2.75 bits per heavy atom. The Morgan fingerprint density at radius 2 is 2.19 bits per heavy atom. The zero-order chi connectivity index (χ0) is 12.0. The molecule has 0 saturated heterocycles. The number of carbonyl (C=O) groups is 1. The Kier molecular flexibility index (Phi) is 4.58. The van der Waals surface area contributed by atoms with Crippen LogP contribution < -0.4 is 4.74 Å². The summed E-state index contributed by atoms with van der Waals surface area (Å²) in [5.41, 5.74) is 0.492. The number of hydrogen-bond donors (Lipinski definition) is 0. The molecule has 0 atom stereocenters. The van der Waals surface area contributed by atoms with Gasteiger partial charge in [0.1, 0.15) is 5.75 Å². The number of hydrogen-bond acceptors (Lipinski definition) is 3. The number of benzene rings is 1. The lowest BCUT2D eigenvalue weighted by molar-refractivity contribution is 0.0600. The summed E-state index contributed by atoms with van der Waals surface area (Å²) in [7, 11) is 1.36. The lowest BCUT2D eigenvalue weighted by Crippen LogP contribution is -2.01. The summed E-state index contributed by atoms with van der Waals surface area (Å²) in [6, 6.07) is 6.95. The first kappa shape index (κ1) is 12.3. The maximum atomic E-state index is 11.3. The second-order valence-electron chi connectivity index (χ2n) is 3.23. The van der Waals surface area contributed by atoms with Crippen LogP contribution in [-0.2, 0) is 4.74 Å². The van der Waals surface area contributed by atoms with E-state index in [1.54, 1.807) is 18.2 Å². The Morgan fingerprint density at radius 1 is 1.44 bits per heavy atom. The fraction of sp³-hybridized carbons (Fsp3) is 0.308. The first-order valence-corrected chi connectivity index (χ1v) is 5.22. The Hall–Kier alpha value is -1.77. The smallest absolute Gasteiger partial charge is 0.337 e. The van der Waals surface area contributed by atoms with Gasteiger partial charge in [-0.25, -0.2) is 4.79 Å². The molecule has 1 rings (SSSR count). The zero-order valence-electron chi connectivity index (χ0n) is 9.82. The normalized spacial score (nSPS) is 11.1. The van der Waals surface area contributed by atoms with Gasteiger partial charge in [0.25, 0.3) is 0 Å². The summed E-state index contributed by atoms with van der Waals surface area (Å²) in [4.78, 5) is 11.3. The molecule has 0 heterocycles. The van der Waals surface area contributed by atoms with E-state index in [0.29, 0.717) is 11.3 Å². The molecule has 0 radical (unpaired) electrons. The zero-order valence-corrected chi connectivity index (χ0v) is 9.82. The van der Waals surface area contributed by atoms with Crippen molar-refractivity contribution in [3.63, 3.8) is 0 Å². The molecule has 0 saturated carbocycles. The van der Waals surface area contributed by atoms with Crippen molar-refractivity contribution in [2.24, 2.45) is 0 Å². The topological polar surface area (TPSA) is 35.5 Å². The summed E-state index contributed by atoms with van der Waals surface area (Å²) in [5, 5.41) is 0. The van der Waals surface area contributed by atoms with E-state index < -0.39 is 0 Å². The van der Waals surface area contributed by atoms with Crippen molar-refractivity contribution >= 4 is 5.97 Å². The van der Waals surface area contributed by atoms with Crippen molar-refractivity contribution in [1.29, 1.82) is 0 Å². The molecule has 3 nitrogen and oxygen atoms in total. The fourth-order valence-corrected chi connectivity index (χ4v) is 1.29. The van der Waals surface area contributed by atoms with Gasteiger partial charge in [0.2, 0.25) is 0 Å². The molecule has 0 aliphatic rings. The van der Waals surface area contributed by atoms with Crippen molar-refractivity contribution in [1.82, 2.24) is 0 Å². The van der Waals surface area contributed by atoms with Crippen molar-refractivity contribution in [3.8, 4) is 5.75 Å². The summed E-state index contributed by atoms with van der Waals surface area (Å²) in [5.74, 6) is 1.17. The molecular formula is C13H16O3. The van der Waals surface area contributed by atoms with E-state index >= 15 is 0 Å². The number of allylic oxidation sites excluding steroid dienone is 2. The van der Waals surface area contributed by atoms with Crippen molar-refractivity contribution < 1.29 is 14.3 Å². The van der Waals surface area contributed by atoms with Gasteiger partial charge in [-0.1, -0.05) is 13.0 Å². The lowest BCUT2D eigenvalue weighted by Gasteiger charge is -2.08. The predicted molar refractivity (Wildman–Crippen MR) is 62.5 cm³/mol. The highest BCUT2D eigenvalue weighted by atomic mass is 16.5. The van der Waals surface area contributed by atoms with E-state index in [4.69, 9.17) is 4.74 Å². The number of esters is 1. The van der Waals surface area contributed by atoms with Gasteiger partial charge in [-0.3, -0.25) is 0 Å². The fourth-order valence-electron chi connectivity index (χ4n) is 1.29. The van der Waals surface area contributed by atoms with Gasteiger partial charge in [-0.15, -0.1) is 0 Å². The summed E-state index contributed by atoms with van der Waals surface area (Å²) < 4.78 is 10.2. The van der Waals surface area contributed by atoms with Gasteiger partial charge in [0, 0.05) is 6.42 Å². The van der Waals surface area contributed by atoms with Crippen LogP contribution in [0.4, 0.5) is 0 Å². The third-order valence-corrected chi connectivity index (χ3v) is 2.17. The quantitative estimate of drug-likeness (QED) is 0.577. The van der Waals surface area contributed by atoms with Gasteiger partial charge in [0.05, 0.1) is 18.4 Å². The van der Waals surface area contributed by atoms with Gasteiger partial charge in [0.15, 0.2) is 0 Å². The van der Waals surface area contributed by atoms with Crippen LogP contribution in [0.15, 0.2) is 36.1 Å². The van der Waals surface area contributed by atoms with Crippen molar-refractivity contribution in [2.45, 2.75) is 20.3 Å². The van der Waals surface area contributed by atoms with Crippen molar-refractivity contribution in [2.75, 3.05) is 7.11 Å². The van der Waals surface area contributed by atoms with Crippen LogP contribution >= 0.6 is 0 Å². The molecule has 0 amide bonds. The molecule has 1 aromatic rings. The standard InChI is InChI=1S/C13H16O3/c1-4-11(5-2)16-12-8-6-7-10(9-12)13(14)15-3/h4,6-9H,5H2,1-3H3. The van der Waals surface area contributed by atoms with Crippen LogP contribution in [0.1, 0.15) is 30.6 Å². The molecule has 3 heteroatoms. The summed E-state index contributed by atoms with van der Waals surface area (Å²) >= 11 is 0. The maximum Gasteiger partial charge on any atom is 0.337 e. The van der Waals surface area contributed by atoms with Crippen molar-refractivity contribution in [3.05, 3.63) is 41.7 Å². The highest BCUT2D eigenvalue weighted by Gasteiger charge is 2.06. The molecule has 1 aromatic carbocycles. The minimum atomic E-state index is -0.357. The second-order valence-corrected chi connectivity index (χ2v) is 3.23. The van der Waals surface area contributed by atoms with Gasteiger partial charge in [-0.05, 0) is 31.2 Å². The van der Waals surface area contributed by atoms with E-state index in [-0.39, 0.29) is 5.97 Å². The highest BCUT2D eigenvalue weighted by Crippen LogP contribution is 2.17. The van der Waals surface area contributed by atoms with Gasteiger partial charge >= 0.3 is 5.97 Å². The lowest BCUT2D eigenvalue weighted by atomic mass is 10.2. The van der Waals surface area contributed by atoms with E-state index in [1.807, 2.05) is 26.0 Å². The molecule has 0 unspecified atom stereocenters. The number of rotatable bonds is 4. The molecule has 0 spiro atoms. The highest BCUT2D eigenvalue weighted by molar-refractivity contribution is 5.89. The molecule has 86 valence electrons. The monoisotopic (exact) mass is 220 g/mol. The number of carbonyl (C=O) groups excluding carboxylic acids is 1. The Balaban J connectivity index is 2.86. The first-order chi connectivity index (χ1) is 7.71. The minimum absolute atomic E-state index is 0.357. The number of ether oxygens (including phenoxy) is 2. The van der Waals surface area contributed by atoms with Crippen LogP contribution in [0.25, 0.3) is 0 Å². The summed E-state index contributed by atoms with van der Waals surface area (Å²) in [6.07, 6.45) is 2.73. The average molecular weight is 220 g/mol. The van der Waals surface area contributed by atoms with Crippen LogP contribution in [0.3, 0.4) is 0 Å². The second kappa shape index (κ2) is 5.95. The average Bonchev–Trinajstić information content (AvgIpc) is 2.35. The Bertz CT molecular complexity index is 394. The van der Waals surface area contributed by atoms with Crippen LogP contribution in [0.2, 0.25) is 0 Å².